The minimum atomic E-state index is -4.22. The van der Waals surface area contributed by atoms with Crippen molar-refractivity contribution in [3.8, 4) is 0 Å². The van der Waals surface area contributed by atoms with Gasteiger partial charge in [-0.2, -0.15) is 9.82 Å². The van der Waals surface area contributed by atoms with Crippen LogP contribution in [0.3, 0.4) is 0 Å². The standard InChI is InChI=1S/C27H37N7O6S/c28-30-18-33-12-3-6-21(16-33)31-25(36)15-24(27(38)34(22-8-9-22)17-26(37)29-11-13-35)32-41(39,40)23-10-7-19-4-1-2-5-20(19)14-23/h1-2,4-5,7,10,14,18,21-22,24,32,35H,3,6,8-9,11-13,15-17,28H2,(H,29,37)(H,31,36)/t21-,24-/m0/s1. The van der Waals surface area contributed by atoms with Gasteiger partial charge in [-0.05, 0) is 48.6 Å². The minimum absolute atomic E-state index is 0.0270. The quantitative estimate of drug-likeness (QED) is 0.0894. The molecule has 13 nitrogen and oxygen atoms in total. The fourth-order valence-electron chi connectivity index (χ4n) is 4.94. The van der Waals surface area contributed by atoms with Gasteiger partial charge in [0.1, 0.15) is 12.4 Å². The lowest BCUT2D eigenvalue weighted by Crippen LogP contribution is -2.54. The number of carbonyl (C=O) groups excluding carboxylic acids is 3. The lowest BCUT2D eigenvalue weighted by Gasteiger charge is -2.32. The number of piperidine rings is 1. The SMILES string of the molecule is NN=CN1CCC[C@H](NC(=O)C[C@H](NS(=O)(=O)c2ccc3ccccc3c2)C(=O)N(CC(=O)NCCO)C2CC2)C1. The van der Waals surface area contributed by atoms with Gasteiger partial charge < -0.3 is 31.4 Å². The number of carbonyl (C=O) groups is 3. The highest BCUT2D eigenvalue weighted by Gasteiger charge is 2.39. The van der Waals surface area contributed by atoms with Gasteiger partial charge in [-0.1, -0.05) is 30.3 Å². The van der Waals surface area contributed by atoms with Crippen LogP contribution in [0.15, 0.2) is 52.5 Å². The normalized spacial score (nSPS) is 18.3. The summed E-state index contributed by atoms with van der Waals surface area (Å²) in [5, 5.41) is 19.5. The Balaban J connectivity index is 1.55. The molecule has 1 heterocycles. The molecule has 0 bridgehead atoms. The summed E-state index contributed by atoms with van der Waals surface area (Å²) in [6.07, 6.45) is 3.88. The number of nitrogens with zero attached hydrogens (tertiary/aromatic N) is 3. The van der Waals surface area contributed by atoms with E-state index >= 15 is 0 Å². The monoisotopic (exact) mass is 587 g/mol. The number of hydrazone groups is 1. The number of amides is 3. The summed E-state index contributed by atoms with van der Waals surface area (Å²) in [6.45, 7) is 0.684. The number of hydrogen-bond acceptors (Lipinski definition) is 8. The van der Waals surface area contributed by atoms with Gasteiger partial charge in [0.05, 0.1) is 24.5 Å². The third-order valence-electron chi connectivity index (χ3n) is 7.08. The molecule has 41 heavy (non-hydrogen) atoms. The van der Waals surface area contributed by atoms with Gasteiger partial charge in [-0.25, -0.2) is 8.42 Å². The second kappa shape index (κ2) is 13.7. The number of likely N-dealkylation sites (tertiary alicyclic amines) is 1. The smallest absolute Gasteiger partial charge is 0.242 e. The number of fused-ring (bicyclic) bond motifs is 1. The first kappa shape index (κ1) is 30.2. The molecule has 2 atom stereocenters. The highest BCUT2D eigenvalue weighted by Crippen LogP contribution is 2.28. The molecule has 1 saturated heterocycles. The van der Waals surface area contributed by atoms with Crippen molar-refractivity contribution in [1.82, 2.24) is 25.2 Å². The van der Waals surface area contributed by atoms with Crippen molar-refractivity contribution >= 4 is 44.9 Å². The average molecular weight is 588 g/mol. The Morgan fingerprint density at radius 2 is 1.88 bits per heavy atom. The van der Waals surface area contributed by atoms with Crippen LogP contribution < -0.4 is 21.2 Å². The van der Waals surface area contributed by atoms with E-state index in [1.54, 1.807) is 18.2 Å². The van der Waals surface area contributed by atoms with Gasteiger partial charge in [0, 0.05) is 31.7 Å². The predicted octanol–water partition coefficient (Wildman–Crippen LogP) is -0.541. The van der Waals surface area contributed by atoms with E-state index in [0.29, 0.717) is 31.2 Å². The van der Waals surface area contributed by atoms with Gasteiger partial charge in [0.25, 0.3) is 0 Å². The van der Waals surface area contributed by atoms with E-state index in [1.807, 2.05) is 17.0 Å². The Hall–Kier alpha value is -3.75. The molecule has 3 amide bonds. The third kappa shape index (κ3) is 8.38. The Morgan fingerprint density at radius 1 is 1.12 bits per heavy atom. The number of aliphatic hydroxyl groups is 1. The molecule has 4 rings (SSSR count). The van der Waals surface area contributed by atoms with E-state index in [1.165, 1.54) is 23.4 Å². The molecule has 1 aliphatic heterocycles. The minimum Gasteiger partial charge on any atom is -0.395 e. The maximum Gasteiger partial charge on any atom is 0.242 e. The van der Waals surface area contributed by atoms with Gasteiger partial charge in [0.15, 0.2) is 0 Å². The highest BCUT2D eigenvalue weighted by atomic mass is 32.2. The van der Waals surface area contributed by atoms with Crippen LogP contribution in [-0.2, 0) is 24.4 Å². The van der Waals surface area contributed by atoms with Crippen molar-refractivity contribution in [2.45, 2.75) is 55.1 Å². The number of rotatable bonds is 13. The number of benzene rings is 2. The number of nitrogens with two attached hydrogens (primary N) is 1. The zero-order valence-electron chi connectivity index (χ0n) is 22.7. The fourth-order valence-corrected chi connectivity index (χ4v) is 6.17. The van der Waals surface area contributed by atoms with Gasteiger partial charge in [-0.3, -0.25) is 14.4 Å². The summed E-state index contributed by atoms with van der Waals surface area (Å²) >= 11 is 0. The Bertz CT molecular complexity index is 1380. The lowest BCUT2D eigenvalue weighted by atomic mass is 10.1. The number of aliphatic hydroxyl groups excluding tert-OH is 1. The topological polar surface area (TPSA) is 187 Å². The molecular formula is C27H37N7O6S. The van der Waals surface area contributed by atoms with E-state index in [4.69, 9.17) is 10.9 Å². The average Bonchev–Trinajstić information content (AvgIpc) is 3.79. The molecule has 2 fully saturated rings. The second-order valence-electron chi connectivity index (χ2n) is 10.3. The molecule has 14 heteroatoms. The summed E-state index contributed by atoms with van der Waals surface area (Å²) in [5.41, 5.74) is 0. The van der Waals surface area contributed by atoms with Crippen LogP contribution in [0.4, 0.5) is 0 Å². The van der Waals surface area contributed by atoms with Crippen molar-refractivity contribution in [3.05, 3.63) is 42.5 Å². The van der Waals surface area contributed by atoms with E-state index in [2.05, 4.69) is 20.5 Å². The van der Waals surface area contributed by atoms with E-state index < -0.39 is 40.2 Å². The van der Waals surface area contributed by atoms with Crippen molar-refractivity contribution in [3.63, 3.8) is 0 Å². The molecule has 2 aromatic carbocycles. The first-order valence-electron chi connectivity index (χ1n) is 13.7. The Morgan fingerprint density at radius 3 is 2.59 bits per heavy atom. The van der Waals surface area contributed by atoms with E-state index in [0.717, 1.165) is 18.4 Å². The molecule has 2 aliphatic rings. The fraction of sp³-hybridized carbons (Fsp3) is 0.481. The summed E-state index contributed by atoms with van der Waals surface area (Å²) in [5.74, 6) is 3.61. The maximum absolute atomic E-state index is 13.8. The second-order valence-corrected chi connectivity index (χ2v) is 12.0. The number of nitrogens with one attached hydrogen (secondary N) is 3. The Kier molecular flexibility index (Phi) is 10.1. The van der Waals surface area contributed by atoms with Crippen molar-refractivity contribution in [1.29, 1.82) is 0 Å². The zero-order chi connectivity index (χ0) is 29.4. The largest absolute Gasteiger partial charge is 0.395 e. The third-order valence-corrected chi connectivity index (χ3v) is 8.55. The predicted molar refractivity (Wildman–Crippen MR) is 153 cm³/mol. The molecule has 2 aromatic rings. The summed E-state index contributed by atoms with van der Waals surface area (Å²) in [4.78, 5) is 42.5. The first-order valence-corrected chi connectivity index (χ1v) is 15.1. The molecule has 0 radical (unpaired) electrons. The lowest BCUT2D eigenvalue weighted by molar-refractivity contribution is -0.139. The van der Waals surface area contributed by atoms with Crippen LogP contribution in [0, 0.1) is 0 Å². The summed E-state index contributed by atoms with van der Waals surface area (Å²) in [6, 6.07) is 10.0. The first-order chi connectivity index (χ1) is 19.7. The number of sulfonamides is 1. The summed E-state index contributed by atoms with van der Waals surface area (Å²) < 4.78 is 29.4. The molecule has 0 aromatic heterocycles. The highest BCUT2D eigenvalue weighted by molar-refractivity contribution is 7.89. The van der Waals surface area contributed by atoms with Gasteiger partial charge >= 0.3 is 0 Å². The van der Waals surface area contributed by atoms with Crippen molar-refractivity contribution in [2.24, 2.45) is 10.9 Å². The van der Waals surface area contributed by atoms with Crippen LogP contribution in [0.1, 0.15) is 32.1 Å². The van der Waals surface area contributed by atoms with E-state index in [9.17, 15) is 22.8 Å². The van der Waals surface area contributed by atoms with Crippen molar-refractivity contribution in [2.75, 3.05) is 32.8 Å². The van der Waals surface area contributed by atoms with Crippen LogP contribution in [0.5, 0.6) is 0 Å². The maximum atomic E-state index is 13.8. The van der Waals surface area contributed by atoms with Gasteiger partial charge in [0.2, 0.25) is 27.7 Å². The van der Waals surface area contributed by atoms with Crippen LogP contribution in [0.25, 0.3) is 10.8 Å². The zero-order valence-corrected chi connectivity index (χ0v) is 23.6. The Labute approximate surface area is 239 Å². The molecule has 222 valence electrons. The number of hydrogen-bond donors (Lipinski definition) is 5. The van der Waals surface area contributed by atoms with Crippen molar-refractivity contribution < 1.29 is 27.9 Å². The molecule has 1 saturated carbocycles. The van der Waals surface area contributed by atoms with E-state index in [-0.39, 0.29) is 36.7 Å². The molecular weight excluding hydrogens is 550 g/mol. The van der Waals surface area contributed by atoms with Crippen LogP contribution in [-0.4, -0.2) is 98.3 Å². The summed E-state index contributed by atoms with van der Waals surface area (Å²) in [7, 11) is -4.22. The van der Waals surface area contributed by atoms with Gasteiger partial charge in [-0.15, -0.1) is 0 Å². The molecule has 0 unspecified atom stereocenters. The van der Waals surface area contributed by atoms with Crippen LogP contribution in [0.2, 0.25) is 0 Å². The molecule has 1 aliphatic carbocycles. The molecule has 6 N–H and O–H groups in total. The van der Waals surface area contributed by atoms with Crippen LogP contribution >= 0.6 is 0 Å². The molecule has 0 spiro atoms.